The summed E-state index contributed by atoms with van der Waals surface area (Å²) in [6.45, 7) is 3.70. The van der Waals surface area contributed by atoms with Crippen molar-refractivity contribution >= 4 is 50.0 Å². The van der Waals surface area contributed by atoms with Crippen LogP contribution in [0.2, 0.25) is 0 Å². The highest BCUT2D eigenvalue weighted by atomic mass is 32.1. The molecule has 0 aliphatic carbocycles. The van der Waals surface area contributed by atoms with Crippen LogP contribution >= 0.6 is 11.3 Å². The summed E-state index contributed by atoms with van der Waals surface area (Å²) < 4.78 is 6.12. The van der Waals surface area contributed by atoms with Crippen molar-refractivity contribution in [3.63, 3.8) is 0 Å². The van der Waals surface area contributed by atoms with Crippen molar-refractivity contribution in [2.24, 2.45) is 0 Å². The maximum absolute atomic E-state index is 12.3. The Morgan fingerprint density at radius 1 is 1.15 bits per heavy atom. The van der Waals surface area contributed by atoms with Crippen molar-refractivity contribution in [1.82, 2.24) is 4.98 Å². The minimum absolute atomic E-state index is 0.0822. The predicted octanol–water partition coefficient (Wildman–Crippen LogP) is 4.61. The molecular formula is C19H20N4O3S. The molecule has 1 aromatic heterocycles. The number of aromatic nitrogens is 1. The third-order valence-electron chi connectivity index (χ3n) is 3.87. The van der Waals surface area contributed by atoms with Crippen LogP contribution in [0, 0.1) is 6.92 Å². The third kappa shape index (κ3) is 4.35. The number of carbonyl (C=O) groups is 2. The van der Waals surface area contributed by atoms with E-state index in [9.17, 15) is 9.59 Å². The number of ether oxygens (including phenoxy) is 1. The normalized spacial score (nSPS) is 10.5. The maximum Gasteiger partial charge on any atom is 0.323 e. The smallest absolute Gasteiger partial charge is 0.323 e. The van der Waals surface area contributed by atoms with Gasteiger partial charge in [-0.3, -0.25) is 4.79 Å². The van der Waals surface area contributed by atoms with Gasteiger partial charge in [-0.25, -0.2) is 9.78 Å². The Hall–Kier alpha value is -3.13. The molecule has 0 spiro atoms. The van der Waals surface area contributed by atoms with Crippen LogP contribution in [-0.4, -0.2) is 24.0 Å². The fourth-order valence-corrected chi connectivity index (χ4v) is 3.56. The highest BCUT2D eigenvalue weighted by molar-refractivity contribution is 7.22. The van der Waals surface area contributed by atoms with Crippen LogP contribution in [-0.2, 0) is 4.79 Å². The first-order valence-electron chi connectivity index (χ1n) is 8.42. The molecule has 0 aliphatic rings. The zero-order valence-corrected chi connectivity index (χ0v) is 16.1. The first-order chi connectivity index (χ1) is 13.0. The number of methoxy groups -OCH3 is 1. The van der Waals surface area contributed by atoms with E-state index in [2.05, 4.69) is 20.9 Å². The summed E-state index contributed by atoms with van der Waals surface area (Å²) in [6, 6.07) is 10.5. The molecule has 0 bridgehead atoms. The van der Waals surface area contributed by atoms with Gasteiger partial charge in [-0.1, -0.05) is 30.4 Å². The summed E-state index contributed by atoms with van der Waals surface area (Å²) in [5, 5.41) is 8.91. The van der Waals surface area contributed by atoms with E-state index in [4.69, 9.17) is 4.74 Å². The monoisotopic (exact) mass is 384 g/mol. The quantitative estimate of drug-likeness (QED) is 0.599. The standard InChI is InChI=1S/C19H20N4O3S/c1-4-16(24)22-19-23-17-11(2)9-12(10-15(17)27-19)20-18(25)21-13-7-5-6-8-14(13)26-3/h5-10H,4H2,1-3H3,(H2,20,21,25)(H,22,23,24). The van der Waals surface area contributed by atoms with Gasteiger partial charge < -0.3 is 20.7 Å². The fraction of sp³-hybridized carbons (Fsp3) is 0.211. The van der Waals surface area contributed by atoms with Crippen LogP contribution in [0.25, 0.3) is 10.2 Å². The summed E-state index contributed by atoms with van der Waals surface area (Å²) in [4.78, 5) is 28.4. The van der Waals surface area contributed by atoms with E-state index in [1.807, 2.05) is 31.2 Å². The molecule has 0 fully saturated rings. The summed E-state index contributed by atoms with van der Waals surface area (Å²) in [7, 11) is 1.55. The average molecular weight is 384 g/mol. The van der Waals surface area contributed by atoms with Crippen LogP contribution in [0.15, 0.2) is 36.4 Å². The first-order valence-corrected chi connectivity index (χ1v) is 9.24. The molecule has 7 nitrogen and oxygen atoms in total. The van der Waals surface area contributed by atoms with Crippen LogP contribution in [0.1, 0.15) is 18.9 Å². The van der Waals surface area contributed by atoms with Crippen molar-refractivity contribution in [3.8, 4) is 5.75 Å². The molecule has 27 heavy (non-hydrogen) atoms. The van der Waals surface area contributed by atoms with Gasteiger partial charge in [-0.15, -0.1) is 0 Å². The van der Waals surface area contributed by atoms with Gasteiger partial charge in [-0.05, 0) is 36.8 Å². The summed E-state index contributed by atoms with van der Waals surface area (Å²) >= 11 is 1.37. The van der Waals surface area contributed by atoms with Crippen molar-refractivity contribution < 1.29 is 14.3 Å². The topological polar surface area (TPSA) is 92.4 Å². The molecular weight excluding hydrogens is 364 g/mol. The van der Waals surface area contributed by atoms with E-state index in [-0.39, 0.29) is 11.9 Å². The summed E-state index contributed by atoms with van der Waals surface area (Å²) in [6.07, 6.45) is 0.394. The maximum atomic E-state index is 12.3. The SMILES string of the molecule is CCC(=O)Nc1nc2c(C)cc(NC(=O)Nc3ccccc3OC)cc2s1. The molecule has 2 aromatic carbocycles. The molecule has 3 amide bonds. The lowest BCUT2D eigenvalue weighted by molar-refractivity contribution is -0.115. The van der Waals surface area contributed by atoms with E-state index < -0.39 is 0 Å². The molecule has 1 heterocycles. The number of benzene rings is 2. The number of carbonyl (C=O) groups excluding carboxylic acids is 2. The number of rotatable bonds is 5. The van der Waals surface area contributed by atoms with Crippen molar-refractivity contribution in [2.45, 2.75) is 20.3 Å². The van der Waals surface area contributed by atoms with Crippen molar-refractivity contribution in [3.05, 3.63) is 42.0 Å². The minimum Gasteiger partial charge on any atom is -0.495 e. The van der Waals surface area contributed by atoms with Crippen LogP contribution in [0.4, 0.5) is 21.3 Å². The van der Waals surface area contributed by atoms with E-state index in [0.29, 0.717) is 28.7 Å². The zero-order valence-electron chi connectivity index (χ0n) is 15.3. The molecule has 3 aromatic rings. The second kappa shape index (κ2) is 8.05. The Morgan fingerprint density at radius 2 is 1.93 bits per heavy atom. The van der Waals surface area contributed by atoms with Crippen LogP contribution in [0.3, 0.4) is 0 Å². The fourth-order valence-electron chi connectivity index (χ4n) is 2.56. The Bertz CT molecular complexity index is 1000. The van der Waals surface area contributed by atoms with Gasteiger partial charge in [0.1, 0.15) is 5.75 Å². The lowest BCUT2D eigenvalue weighted by Gasteiger charge is -2.11. The van der Waals surface area contributed by atoms with Gasteiger partial charge in [0.25, 0.3) is 0 Å². The molecule has 0 saturated carbocycles. The zero-order chi connectivity index (χ0) is 19.4. The summed E-state index contributed by atoms with van der Waals surface area (Å²) in [5.74, 6) is 0.499. The number of fused-ring (bicyclic) bond motifs is 1. The molecule has 8 heteroatoms. The van der Waals surface area contributed by atoms with Gasteiger partial charge in [0.15, 0.2) is 5.13 Å². The largest absolute Gasteiger partial charge is 0.495 e. The number of nitrogens with one attached hydrogen (secondary N) is 3. The van der Waals surface area contributed by atoms with Crippen molar-refractivity contribution in [2.75, 3.05) is 23.1 Å². The Balaban J connectivity index is 1.78. The van der Waals surface area contributed by atoms with E-state index in [1.54, 1.807) is 26.2 Å². The van der Waals surface area contributed by atoms with Gasteiger partial charge in [0, 0.05) is 12.1 Å². The number of nitrogens with zero attached hydrogens (tertiary/aromatic N) is 1. The number of thiazole rings is 1. The number of amides is 3. The molecule has 0 unspecified atom stereocenters. The van der Waals surface area contributed by atoms with E-state index in [1.165, 1.54) is 11.3 Å². The van der Waals surface area contributed by atoms with E-state index >= 15 is 0 Å². The second-order valence-corrected chi connectivity index (χ2v) is 6.87. The minimum atomic E-state index is -0.373. The molecule has 3 rings (SSSR count). The summed E-state index contributed by atoms with van der Waals surface area (Å²) in [5.41, 5.74) is 2.94. The number of hydrogen-bond acceptors (Lipinski definition) is 5. The molecule has 140 valence electrons. The number of urea groups is 1. The highest BCUT2D eigenvalue weighted by Crippen LogP contribution is 2.31. The molecule has 0 radical (unpaired) electrons. The lowest BCUT2D eigenvalue weighted by atomic mass is 10.2. The van der Waals surface area contributed by atoms with E-state index in [0.717, 1.165) is 15.8 Å². The van der Waals surface area contributed by atoms with Gasteiger partial charge in [-0.2, -0.15) is 0 Å². The second-order valence-electron chi connectivity index (χ2n) is 5.84. The number of anilines is 3. The van der Waals surface area contributed by atoms with Crippen LogP contribution < -0.4 is 20.7 Å². The van der Waals surface area contributed by atoms with Crippen LogP contribution in [0.5, 0.6) is 5.75 Å². The lowest BCUT2D eigenvalue weighted by Crippen LogP contribution is -2.19. The Kier molecular flexibility index (Phi) is 5.56. The molecule has 0 saturated heterocycles. The van der Waals surface area contributed by atoms with Gasteiger partial charge in [0.2, 0.25) is 5.91 Å². The predicted molar refractivity (Wildman–Crippen MR) is 109 cm³/mol. The molecule has 0 aliphatic heterocycles. The number of aryl methyl sites for hydroxylation is 1. The Labute approximate surface area is 160 Å². The van der Waals surface area contributed by atoms with Gasteiger partial charge >= 0.3 is 6.03 Å². The third-order valence-corrected chi connectivity index (χ3v) is 4.78. The Morgan fingerprint density at radius 3 is 2.67 bits per heavy atom. The molecule has 0 atom stereocenters. The van der Waals surface area contributed by atoms with Crippen molar-refractivity contribution in [1.29, 1.82) is 0 Å². The first kappa shape index (κ1) is 18.7. The number of hydrogen-bond donors (Lipinski definition) is 3. The molecule has 3 N–H and O–H groups in total. The van der Waals surface area contributed by atoms with Gasteiger partial charge in [0.05, 0.1) is 23.0 Å². The highest BCUT2D eigenvalue weighted by Gasteiger charge is 2.12. The number of para-hydroxylation sites is 2. The average Bonchev–Trinajstić information content (AvgIpc) is 3.04.